The third-order valence-corrected chi connectivity index (χ3v) is 2.91. The molecule has 4 nitrogen and oxygen atoms in total. The van der Waals surface area contributed by atoms with Crippen molar-refractivity contribution in [3.63, 3.8) is 0 Å². The normalized spacial score (nSPS) is 13.9. The lowest BCUT2D eigenvalue weighted by Gasteiger charge is -2.31. The van der Waals surface area contributed by atoms with Crippen LogP contribution in [0.15, 0.2) is 30.3 Å². The number of anilines is 1. The molecule has 0 aliphatic carbocycles. The fraction of sp³-hybridized carbons (Fsp3) is 0.500. The molecule has 1 rings (SSSR count). The van der Waals surface area contributed by atoms with E-state index in [0.717, 1.165) is 25.1 Å². The molecule has 1 aromatic carbocycles. The summed E-state index contributed by atoms with van der Waals surface area (Å²) in [6.45, 7) is 4.80. The van der Waals surface area contributed by atoms with E-state index in [2.05, 4.69) is 6.92 Å². The zero-order valence-corrected chi connectivity index (χ0v) is 11.1. The summed E-state index contributed by atoms with van der Waals surface area (Å²) in [4.78, 5) is 13.1. The van der Waals surface area contributed by atoms with E-state index < -0.39 is 11.5 Å². The van der Waals surface area contributed by atoms with Crippen LogP contribution >= 0.6 is 0 Å². The van der Waals surface area contributed by atoms with Gasteiger partial charge < -0.3 is 15.7 Å². The van der Waals surface area contributed by atoms with Gasteiger partial charge in [0, 0.05) is 18.8 Å². The Morgan fingerprint density at radius 3 is 2.50 bits per heavy atom. The van der Waals surface area contributed by atoms with Gasteiger partial charge in [-0.05, 0) is 25.5 Å². The van der Waals surface area contributed by atoms with Crippen molar-refractivity contribution in [3.05, 3.63) is 30.3 Å². The summed E-state index contributed by atoms with van der Waals surface area (Å²) < 4.78 is 0. The number of unbranched alkanes of at least 4 members (excludes halogenated alkanes) is 1. The van der Waals surface area contributed by atoms with Gasteiger partial charge in [-0.25, -0.2) is 0 Å². The third-order valence-electron chi connectivity index (χ3n) is 2.91. The minimum absolute atomic E-state index is 0.312. The molecule has 0 aliphatic rings. The molecule has 0 radical (unpaired) electrons. The number of hydrogen-bond donors (Lipinski definition) is 2. The van der Waals surface area contributed by atoms with Crippen LogP contribution in [0.2, 0.25) is 0 Å². The van der Waals surface area contributed by atoms with Crippen LogP contribution in [-0.4, -0.2) is 29.7 Å². The van der Waals surface area contributed by atoms with Gasteiger partial charge in [-0.3, -0.25) is 4.79 Å². The van der Waals surface area contributed by atoms with Crippen molar-refractivity contribution in [1.82, 2.24) is 0 Å². The molecule has 1 atom stereocenters. The van der Waals surface area contributed by atoms with Crippen LogP contribution in [0.25, 0.3) is 0 Å². The summed E-state index contributed by atoms with van der Waals surface area (Å²) in [6.07, 6.45) is 2.09. The van der Waals surface area contributed by atoms with Crippen molar-refractivity contribution < 1.29 is 9.90 Å². The van der Waals surface area contributed by atoms with Crippen LogP contribution in [-0.2, 0) is 4.79 Å². The molecule has 0 saturated heterocycles. The predicted octanol–water partition coefficient (Wildman–Crippen LogP) is 2.10. The number of nitrogens with zero attached hydrogens (tertiary/aromatic N) is 1. The van der Waals surface area contributed by atoms with Gasteiger partial charge in [0.15, 0.2) is 0 Å². The Morgan fingerprint density at radius 1 is 1.39 bits per heavy atom. The number of hydrogen-bond acceptors (Lipinski definition) is 3. The summed E-state index contributed by atoms with van der Waals surface area (Å²) in [5.41, 5.74) is 5.61. The quantitative estimate of drug-likeness (QED) is 0.777. The molecular weight excluding hydrogens is 228 g/mol. The monoisotopic (exact) mass is 250 g/mol. The molecule has 0 spiro atoms. The molecular formula is C14H22N2O2. The minimum atomic E-state index is -1.23. The van der Waals surface area contributed by atoms with Crippen molar-refractivity contribution in [2.45, 2.75) is 32.2 Å². The maximum Gasteiger partial charge on any atom is 0.325 e. The Bertz CT molecular complexity index is 377. The van der Waals surface area contributed by atoms with Crippen LogP contribution in [0.1, 0.15) is 26.7 Å². The van der Waals surface area contributed by atoms with Crippen LogP contribution in [0.5, 0.6) is 0 Å². The molecule has 100 valence electrons. The number of para-hydroxylation sites is 1. The number of rotatable bonds is 7. The highest BCUT2D eigenvalue weighted by Crippen LogP contribution is 2.17. The zero-order chi connectivity index (χ0) is 13.6. The van der Waals surface area contributed by atoms with Crippen LogP contribution in [0, 0.1) is 0 Å². The van der Waals surface area contributed by atoms with E-state index in [1.54, 1.807) is 6.92 Å². The first kappa shape index (κ1) is 14.5. The van der Waals surface area contributed by atoms with Crippen LogP contribution in [0.3, 0.4) is 0 Å². The first-order valence-corrected chi connectivity index (χ1v) is 6.29. The van der Waals surface area contributed by atoms with E-state index in [0.29, 0.717) is 6.54 Å². The van der Waals surface area contributed by atoms with E-state index in [9.17, 15) is 4.79 Å². The molecule has 1 unspecified atom stereocenters. The summed E-state index contributed by atoms with van der Waals surface area (Å²) in [7, 11) is 0. The number of carboxylic acid groups (broad SMARTS) is 1. The highest BCUT2D eigenvalue weighted by molar-refractivity contribution is 5.79. The number of carboxylic acids is 1. The van der Waals surface area contributed by atoms with E-state index in [1.807, 2.05) is 35.2 Å². The average molecular weight is 250 g/mol. The molecule has 0 amide bonds. The summed E-state index contributed by atoms with van der Waals surface area (Å²) >= 11 is 0. The summed E-state index contributed by atoms with van der Waals surface area (Å²) in [5.74, 6) is -0.972. The van der Waals surface area contributed by atoms with Gasteiger partial charge in [0.05, 0.1) is 0 Å². The Balaban J connectivity index is 2.83. The lowest BCUT2D eigenvalue weighted by Crippen LogP contribution is -2.54. The highest BCUT2D eigenvalue weighted by atomic mass is 16.4. The van der Waals surface area contributed by atoms with E-state index in [4.69, 9.17) is 10.8 Å². The maximum absolute atomic E-state index is 11.1. The van der Waals surface area contributed by atoms with Gasteiger partial charge in [-0.1, -0.05) is 31.5 Å². The number of benzene rings is 1. The topological polar surface area (TPSA) is 66.6 Å². The standard InChI is InChI=1S/C14H22N2O2/c1-3-4-10-16(11-14(2,15)13(17)18)12-8-6-5-7-9-12/h5-9H,3-4,10-11,15H2,1-2H3,(H,17,18). The van der Waals surface area contributed by atoms with Gasteiger partial charge in [0.2, 0.25) is 0 Å². The second-order valence-electron chi connectivity index (χ2n) is 4.83. The lowest BCUT2D eigenvalue weighted by molar-refractivity contribution is -0.142. The molecule has 18 heavy (non-hydrogen) atoms. The summed E-state index contributed by atoms with van der Waals surface area (Å²) in [5, 5.41) is 9.11. The van der Waals surface area contributed by atoms with Crippen LogP contribution < -0.4 is 10.6 Å². The van der Waals surface area contributed by atoms with Gasteiger partial charge in [-0.15, -0.1) is 0 Å². The van der Waals surface area contributed by atoms with Crippen molar-refractivity contribution in [2.24, 2.45) is 5.73 Å². The zero-order valence-electron chi connectivity index (χ0n) is 11.1. The molecule has 0 fully saturated rings. The van der Waals surface area contributed by atoms with Gasteiger partial charge in [-0.2, -0.15) is 0 Å². The second-order valence-corrected chi connectivity index (χ2v) is 4.83. The van der Waals surface area contributed by atoms with Gasteiger partial charge >= 0.3 is 5.97 Å². The Morgan fingerprint density at radius 2 is 2.00 bits per heavy atom. The number of carbonyl (C=O) groups is 1. The molecule has 0 aliphatic heterocycles. The number of nitrogens with two attached hydrogens (primary N) is 1. The smallest absolute Gasteiger partial charge is 0.325 e. The molecule has 1 aromatic rings. The first-order valence-electron chi connectivity index (χ1n) is 6.29. The minimum Gasteiger partial charge on any atom is -0.480 e. The molecule has 4 heteroatoms. The van der Waals surface area contributed by atoms with Gasteiger partial charge in [0.1, 0.15) is 5.54 Å². The fourth-order valence-corrected chi connectivity index (χ4v) is 1.75. The second kappa shape index (κ2) is 6.40. The van der Waals surface area contributed by atoms with E-state index >= 15 is 0 Å². The van der Waals surface area contributed by atoms with Crippen LogP contribution in [0.4, 0.5) is 5.69 Å². The van der Waals surface area contributed by atoms with Crippen molar-refractivity contribution in [2.75, 3.05) is 18.0 Å². The number of aliphatic carboxylic acids is 1. The van der Waals surface area contributed by atoms with Crippen molar-refractivity contribution in [3.8, 4) is 0 Å². The Labute approximate surface area is 108 Å². The molecule has 3 N–H and O–H groups in total. The molecule has 0 bridgehead atoms. The highest BCUT2D eigenvalue weighted by Gasteiger charge is 2.30. The maximum atomic E-state index is 11.1. The SMILES string of the molecule is CCCCN(CC(C)(N)C(=O)O)c1ccccc1. The Hall–Kier alpha value is -1.55. The van der Waals surface area contributed by atoms with Crippen molar-refractivity contribution >= 4 is 11.7 Å². The largest absolute Gasteiger partial charge is 0.480 e. The summed E-state index contributed by atoms with van der Waals surface area (Å²) in [6, 6.07) is 9.80. The van der Waals surface area contributed by atoms with E-state index in [1.165, 1.54) is 0 Å². The average Bonchev–Trinajstić information content (AvgIpc) is 2.35. The lowest BCUT2D eigenvalue weighted by atomic mass is 10.0. The van der Waals surface area contributed by atoms with Crippen molar-refractivity contribution in [1.29, 1.82) is 0 Å². The van der Waals surface area contributed by atoms with Gasteiger partial charge in [0.25, 0.3) is 0 Å². The fourth-order valence-electron chi connectivity index (χ4n) is 1.75. The molecule has 0 saturated carbocycles. The molecule has 0 heterocycles. The van der Waals surface area contributed by atoms with E-state index in [-0.39, 0.29) is 0 Å². The molecule has 0 aromatic heterocycles. The first-order chi connectivity index (χ1) is 8.47. The Kier molecular flexibility index (Phi) is 5.16. The third kappa shape index (κ3) is 4.04. The predicted molar refractivity (Wildman–Crippen MR) is 73.8 cm³/mol.